The molecule has 0 saturated carbocycles. The summed E-state index contributed by atoms with van der Waals surface area (Å²) >= 11 is 5.84. The molecule has 0 aliphatic heterocycles. The molecule has 0 aliphatic carbocycles. The van der Waals surface area contributed by atoms with Gasteiger partial charge in [-0.2, -0.15) is 0 Å². The average Bonchev–Trinajstić information content (AvgIpc) is 2.32. The third kappa shape index (κ3) is 4.16. The molecule has 1 aromatic carbocycles. The number of aryl methyl sites for hydroxylation is 1. The molecular formula is C12H17ClN2O3. The van der Waals surface area contributed by atoms with Gasteiger partial charge in [0, 0.05) is 24.9 Å². The highest BCUT2D eigenvalue weighted by Gasteiger charge is 2.14. The van der Waals surface area contributed by atoms with E-state index < -0.39 is 4.92 Å². The van der Waals surface area contributed by atoms with Crippen LogP contribution in [0.3, 0.4) is 0 Å². The Balaban J connectivity index is 2.62. The maximum atomic E-state index is 10.7. The van der Waals surface area contributed by atoms with Gasteiger partial charge in [0.15, 0.2) is 0 Å². The molecule has 0 heterocycles. The SMILES string of the molecule is Cc1cc([N+](=O)[O-])c(Cl)cc1NCCCCCO. The molecule has 0 aliphatic rings. The lowest BCUT2D eigenvalue weighted by Crippen LogP contribution is -2.04. The largest absolute Gasteiger partial charge is 0.396 e. The molecule has 1 aromatic rings. The Morgan fingerprint density at radius 2 is 2.11 bits per heavy atom. The van der Waals surface area contributed by atoms with Crippen LogP contribution >= 0.6 is 11.6 Å². The third-order valence-corrected chi connectivity index (χ3v) is 2.94. The van der Waals surface area contributed by atoms with Gasteiger partial charge in [-0.15, -0.1) is 0 Å². The van der Waals surface area contributed by atoms with Gasteiger partial charge in [-0.3, -0.25) is 10.1 Å². The normalized spacial score (nSPS) is 10.4. The second-order valence-electron chi connectivity index (χ2n) is 4.09. The summed E-state index contributed by atoms with van der Waals surface area (Å²) in [5, 5.41) is 22.7. The minimum Gasteiger partial charge on any atom is -0.396 e. The summed E-state index contributed by atoms with van der Waals surface area (Å²) in [5.41, 5.74) is 1.54. The minimum absolute atomic E-state index is 0.0694. The van der Waals surface area contributed by atoms with Crippen molar-refractivity contribution in [3.05, 3.63) is 32.8 Å². The van der Waals surface area contributed by atoms with Gasteiger partial charge in [0.2, 0.25) is 0 Å². The van der Waals surface area contributed by atoms with E-state index in [1.165, 1.54) is 6.07 Å². The van der Waals surface area contributed by atoms with Gasteiger partial charge in [-0.05, 0) is 37.8 Å². The summed E-state index contributed by atoms with van der Waals surface area (Å²) in [7, 11) is 0. The van der Waals surface area contributed by atoms with Crippen molar-refractivity contribution >= 4 is 23.0 Å². The van der Waals surface area contributed by atoms with Crippen molar-refractivity contribution in [2.45, 2.75) is 26.2 Å². The Morgan fingerprint density at radius 1 is 1.39 bits per heavy atom. The smallest absolute Gasteiger partial charge is 0.288 e. The fourth-order valence-corrected chi connectivity index (χ4v) is 1.87. The highest BCUT2D eigenvalue weighted by atomic mass is 35.5. The first-order chi connectivity index (χ1) is 8.56. The number of benzene rings is 1. The number of unbranched alkanes of at least 4 members (excludes halogenated alkanes) is 2. The molecule has 0 atom stereocenters. The van der Waals surface area contributed by atoms with Gasteiger partial charge in [0.1, 0.15) is 5.02 Å². The molecule has 0 spiro atoms. The van der Waals surface area contributed by atoms with Crippen LogP contribution in [0, 0.1) is 17.0 Å². The second-order valence-corrected chi connectivity index (χ2v) is 4.49. The Hall–Kier alpha value is -1.33. The van der Waals surface area contributed by atoms with E-state index in [1.807, 2.05) is 0 Å². The summed E-state index contributed by atoms with van der Waals surface area (Å²) in [6.45, 7) is 2.77. The number of aliphatic hydroxyl groups excluding tert-OH is 1. The first kappa shape index (κ1) is 14.7. The number of rotatable bonds is 7. The van der Waals surface area contributed by atoms with Crippen molar-refractivity contribution < 1.29 is 10.0 Å². The number of nitrogens with zero attached hydrogens (tertiary/aromatic N) is 1. The third-order valence-electron chi connectivity index (χ3n) is 2.64. The van der Waals surface area contributed by atoms with E-state index in [0.29, 0.717) is 0 Å². The summed E-state index contributed by atoms with van der Waals surface area (Å²) < 4.78 is 0. The van der Waals surface area contributed by atoms with Crippen molar-refractivity contribution in [1.82, 2.24) is 0 Å². The molecular weight excluding hydrogens is 256 g/mol. The fraction of sp³-hybridized carbons (Fsp3) is 0.500. The van der Waals surface area contributed by atoms with Crippen molar-refractivity contribution in [1.29, 1.82) is 0 Å². The lowest BCUT2D eigenvalue weighted by molar-refractivity contribution is -0.384. The lowest BCUT2D eigenvalue weighted by atomic mass is 10.1. The van der Waals surface area contributed by atoms with E-state index in [0.717, 1.165) is 37.1 Å². The molecule has 0 saturated heterocycles. The van der Waals surface area contributed by atoms with Crippen LogP contribution in [0.15, 0.2) is 12.1 Å². The Morgan fingerprint density at radius 3 is 2.72 bits per heavy atom. The zero-order chi connectivity index (χ0) is 13.5. The van der Waals surface area contributed by atoms with Crippen molar-refractivity contribution in [2.75, 3.05) is 18.5 Å². The second kappa shape index (κ2) is 7.18. The zero-order valence-corrected chi connectivity index (χ0v) is 11.0. The molecule has 0 bridgehead atoms. The molecule has 0 radical (unpaired) electrons. The van der Waals surface area contributed by atoms with Gasteiger partial charge in [-0.1, -0.05) is 11.6 Å². The number of nitro groups is 1. The summed E-state index contributed by atoms with van der Waals surface area (Å²) in [5.74, 6) is 0. The van der Waals surface area contributed by atoms with E-state index in [1.54, 1.807) is 13.0 Å². The molecule has 0 fully saturated rings. The predicted molar refractivity (Wildman–Crippen MR) is 72.3 cm³/mol. The lowest BCUT2D eigenvalue weighted by Gasteiger charge is -2.10. The molecule has 0 amide bonds. The quantitative estimate of drug-likeness (QED) is 0.454. The summed E-state index contributed by atoms with van der Waals surface area (Å²) in [6.07, 6.45) is 2.68. The van der Waals surface area contributed by atoms with Crippen LogP contribution in [-0.4, -0.2) is 23.2 Å². The van der Waals surface area contributed by atoms with Crippen LogP contribution < -0.4 is 5.32 Å². The topological polar surface area (TPSA) is 75.4 Å². The number of aliphatic hydroxyl groups is 1. The van der Waals surface area contributed by atoms with E-state index in [2.05, 4.69) is 5.32 Å². The van der Waals surface area contributed by atoms with Crippen LogP contribution in [0.25, 0.3) is 0 Å². The number of nitro benzene ring substituents is 1. The van der Waals surface area contributed by atoms with Crippen molar-refractivity contribution in [3.63, 3.8) is 0 Å². The molecule has 18 heavy (non-hydrogen) atoms. The van der Waals surface area contributed by atoms with Crippen LogP contribution in [0.1, 0.15) is 24.8 Å². The first-order valence-electron chi connectivity index (χ1n) is 5.85. The van der Waals surface area contributed by atoms with Crippen molar-refractivity contribution in [2.24, 2.45) is 0 Å². The van der Waals surface area contributed by atoms with Crippen LogP contribution in [0.2, 0.25) is 5.02 Å². The maximum absolute atomic E-state index is 10.7. The van der Waals surface area contributed by atoms with E-state index >= 15 is 0 Å². The minimum atomic E-state index is -0.486. The molecule has 100 valence electrons. The van der Waals surface area contributed by atoms with E-state index in [-0.39, 0.29) is 17.3 Å². The predicted octanol–water partition coefficient (Wildman–Crippen LogP) is 3.13. The molecule has 5 nitrogen and oxygen atoms in total. The fourth-order valence-electron chi connectivity index (χ4n) is 1.63. The summed E-state index contributed by atoms with van der Waals surface area (Å²) in [4.78, 5) is 10.2. The molecule has 1 rings (SSSR count). The Kier molecular flexibility index (Phi) is 5.88. The van der Waals surface area contributed by atoms with Crippen LogP contribution in [-0.2, 0) is 0 Å². The number of hydrogen-bond acceptors (Lipinski definition) is 4. The maximum Gasteiger partial charge on any atom is 0.288 e. The number of hydrogen-bond donors (Lipinski definition) is 2. The number of nitrogens with one attached hydrogen (secondary N) is 1. The van der Waals surface area contributed by atoms with Gasteiger partial charge < -0.3 is 10.4 Å². The van der Waals surface area contributed by atoms with Gasteiger partial charge in [-0.25, -0.2) is 0 Å². The number of anilines is 1. The van der Waals surface area contributed by atoms with Crippen LogP contribution in [0.5, 0.6) is 0 Å². The van der Waals surface area contributed by atoms with Gasteiger partial charge in [0.05, 0.1) is 4.92 Å². The standard InChI is InChI=1S/C12H17ClN2O3/c1-9-7-12(15(17)18)10(13)8-11(9)14-5-3-2-4-6-16/h7-8,14,16H,2-6H2,1H3. The molecule has 6 heteroatoms. The highest BCUT2D eigenvalue weighted by Crippen LogP contribution is 2.30. The molecule has 0 aromatic heterocycles. The monoisotopic (exact) mass is 272 g/mol. The highest BCUT2D eigenvalue weighted by molar-refractivity contribution is 6.33. The molecule has 0 unspecified atom stereocenters. The van der Waals surface area contributed by atoms with Crippen molar-refractivity contribution in [3.8, 4) is 0 Å². The average molecular weight is 273 g/mol. The Bertz CT molecular complexity index is 424. The van der Waals surface area contributed by atoms with E-state index in [9.17, 15) is 10.1 Å². The number of halogens is 1. The van der Waals surface area contributed by atoms with Gasteiger partial charge in [0.25, 0.3) is 5.69 Å². The van der Waals surface area contributed by atoms with Crippen LogP contribution in [0.4, 0.5) is 11.4 Å². The summed E-state index contributed by atoms with van der Waals surface area (Å²) in [6, 6.07) is 3.06. The zero-order valence-electron chi connectivity index (χ0n) is 10.3. The Labute approximate surface area is 111 Å². The van der Waals surface area contributed by atoms with Gasteiger partial charge >= 0.3 is 0 Å². The van der Waals surface area contributed by atoms with E-state index in [4.69, 9.17) is 16.7 Å². The first-order valence-corrected chi connectivity index (χ1v) is 6.23. The molecule has 2 N–H and O–H groups in total.